The largest absolute Gasteiger partial charge is 0.693 e. The van der Waals surface area contributed by atoms with Gasteiger partial charge in [-0.05, 0) is 19.1 Å². The topological polar surface area (TPSA) is 121 Å². The maximum atomic E-state index is 11.3. The number of ether oxygens (including phenoxy) is 1. The Hall–Kier alpha value is 73.2. The molecule has 0 aliphatic rings. The zero-order chi connectivity index (χ0) is 54.7. The standard InChI is InChI=1S/C11H14N2O4.46K.H2N.H/c1-8(11(15)13-16)12-10(14)7-17-9-5-3-2-4-6-9;;;;;;;;;;;;;;;;;;;;;;;;;;;;;;;;;;;;;;;;;;;;;;;;/h2-6,8,16H,7H2,1H3,(H,12,14)(H,13,15);;;;;;;;;;;;;;;;;;;;;;;;;;;;;;;;;;;;;;;;;;;;;;;1H2;/q;;;;;;;;;;;;;;;;;;;;;;;;;;;;;;;;;;;;;;;;;;;4*+1;2*-1. The second-order valence-electron chi connectivity index (χ2n) is 3.37. The van der Waals surface area contributed by atoms with Gasteiger partial charge in [-0.15, -0.1) is 0 Å². The summed E-state index contributed by atoms with van der Waals surface area (Å²) in [4.78, 5) is 22.3. The molecule has 1 rings (SSSR count). The van der Waals surface area contributed by atoms with Crippen LogP contribution in [0.15, 0.2) is 30.3 Å². The number of nitrogens with one attached hydrogen (secondary N) is 2. The first-order valence-corrected chi connectivity index (χ1v) is 362. The number of para-hydroxylation sites is 1. The molecule has 0 radical (unpaired) electrons. The van der Waals surface area contributed by atoms with Gasteiger partial charge in [0.1, 0.15) is 11.8 Å². The molecule has 0 spiro atoms. The third-order valence-electron chi connectivity index (χ3n) is 1.99. The van der Waals surface area contributed by atoms with E-state index in [0.29, 0.717) is 5.75 Å². The number of carbonyl (C=O) groups is 2. The van der Waals surface area contributed by atoms with E-state index >= 15 is 0 Å². The minimum Gasteiger partial charge on any atom is -0.693 e. The van der Waals surface area contributed by atoms with Crippen LogP contribution in [-0.4, -0.2) is 1360 Å². The molecule has 5 N–H and O–H groups in total. The summed E-state index contributed by atoms with van der Waals surface area (Å²) in [6, 6.07) is 8.03. The van der Waals surface area contributed by atoms with Crippen molar-refractivity contribution in [3.8, 4) is 5.75 Å². The average Bonchev–Trinajstić information content (AvgIpc) is 3.43. The maximum Gasteiger partial charge on any atom is -0.693 e. The first-order chi connectivity index (χ1) is 29.1. The number of carbonyl (C=O) groups excluding carboxylic acids is 2. The first kappa shape index (κ1) is 206. The summed E-state index contributed by atoms with van der Waals surface area (Å²) in [5.74, 6) is -0.551. The van der Waals surface area contributed by atoms with Gasteiger partial charge in [-0.3, -0.25) is 14.8 Å². The number of hydroxylamine groups is 1. The quantitative estimate of drug-likeness (QED) is 0.154. The predicted octanol–water partition coefficient (Wildman–Crippen LogP) is -27.1. The minimum atomic E-state index is -0.813. The van der Waals surface area contributed by atoms with Gasteiger partial charge < -0.3 is 17.6 Å². The molecule has 1 aromatic rings. The van der Waals surface area contributed by atoms with Gasteiger partial charge in [0, 0.05) is 0 Å². The summed E-state index contributed by atoms with van der Waals surface area (Å²) in [6.45, 7) is 1.26. The van der Waals surface area contributed by atoms with Crippen LogP contribution in [0, 0.1) is 0 Å². The van der Waals surface area contributed by atoms with Gasteiger partial charge >= 0.3 is 1530 Å². The molecule has 144 valence electrons. The average molecular weight is 2050 g/mol. The summed E-state index contributed by atoms with van der Waals surface area (Å²) in [7, 11) is 0. The van der Waals surface area contributed by atoms with E-state index in [1.54, 1.807) is 24.3 Å². The van der Waals surface area contributed by atoms with E-state index in [1.807, 2.05) is 6.07 Å². The van der Waals surface area contributed by atoms with Gasteiger partial charge in [-0.25, -0.2) is 5.48 Å². The van der Waals surface area contributed by atoms with Gasteiger partial charge in [0.15, 0.2) is 6.61 Å². The number of hydrogen-bond donors (Lipinski definition) is 3. The molecule has 64 heavy (non-hydrogen) atoms. The van der Waals surface area contributed by atoms with E-state index in [-0.39, 0.29) is 220 Å². The van der Waals surface area contributed by atoms with Crippen LogP contribution in [0.5, 0.6) is 5.75 Å². The summed E-state index contributed by atoms with van der Waals surface area (Å²) in [5.41, 5.74) is 1.45. The number of benzene rings is 1. The van der Waals surface area contributed by atoms with Gasteiger partial charge in [-0.1, -0.05) is 18.2 Å². The summed E-state index contributed by atoms with van der Waals surface area (Å²) in [6.07, 6.45) is 0. The number of hydrogen-bond acceptors (Lipinski definition) is 4. The maximum absolute atomic E-state index is 11.3. The molecular weight excluding hydrogens is 2040 g/mol. The van der Waals surface area contributed by atoms with E-state index in [0.717, 1.165) is 0 Å². The monoisotopic (exact) mass is 2050 g/mol. The normalized spacial score (nSPS) is 5.66. The van der Waals surface area contributed by atoms with Crippen LogP contribution >= 0.6 is 0 Å². The molecule has 0 fully saturated rings. The summed E-state index contributed by atoms with van der Waals surface area (Å²) < 4.78 is 5.18. The Morgan fingerprint density at radius 2 is 0.609 bits per heavy atom. The van der Waals surface area contributed by atoms with Crippen LogP contribution in [0.1, 0.15) is 8.35 Å². The summed E-state index contributed by atoms with van der Waals surface area (Å²) in [5, 5.41) is 10.7. The molecule has 1 atom stereocenters. The van der Waals surface area contributed by atoms with E-state index in [9.17, 15) is 9.59 Å². The zero-order valence-electron chi connectivity index (χ0n) is 56.9. The van der Waals surface area contributed by atoms with Crippen molar-refractivity contribution in [1.29, 1.82) is 0 Å². The summed E-state index contributed by atoms with van der Waals surface area (Å²) >= 11 is 52.5. The van der Waals surface area contributed by atoms with Crippen LogP contribution in [0.4, 0.5) is 0 Å². The van der Waals surface area contributed by atoms with Crippen molar-refractivity contribution in [3.05, 3.63) is 36.5 Å². The third-order valence-corrected chi connectivity index (χ3v) is 1.99. The van der Waals surface area contributed by atoms with Crippen molar-refractivity contribution in [2.45, 2.75) is 13.0 Å². The Morgan fingerprint density at radius 3 is 0.766 bits per heavy atom. The van der Waals surface area contributed by atoms with E-state index in [1.165, 1.54) is 1340 Å². The number of nitrogens with two attached hydrogens (primary N) is 1. The Bertz CT molecular complexity index is 445. The molecule has 0 aliphatic carbocycles. The van der Waals surface area contributed by atoms with Crippen molar-refractivity contribution >= 4 is 1340 Å². The number of rotatable bonds is 5. The molecule has 2 amide bonds. The minimum absolute atomic E-state index is 0. The Morgan fingerprint density at radius 1 is 0.438 bits per heavy atom. The molecule has 0 aromatic heterocycles. The van der Waals surface area contributed by atoms with Crippen molar-refractivity contribution in [1.82, 2.24) is 10.8 Å². The van der Waals surface area contributed by atoms with E-state index < -0.39 is 17.9 Å². The molecule has 53 heteroatoms. The zero-order valence-corrected chi connectivity index (χ0v) is 200. The second-order valence-corrected chi connectivity index (χ2v) is 3.37. The Balaban J connectivity index is -0.0000000104. The van der Waals surface area contributed by atoms with E-state index in [2.05, 4.69) is 5.32 Å². The second kappa shape index (κ2) is 281. The Labute approximate surface area is 1520 Å². The van der Waals surface area contributed by atoms with Crippen LogP contribution < -0.4 is 221 Å². The Kier molecular flexibility index (Phi) is 902. The fraction of sp³-hybridized carbons (Fsp3) is 0.273. The van der Waals surface area contributed by atoms with Crippen molar-refractivity contribution in [2.75, 3.05) is 6.61 Å². The van der Waals surface area contributed by atoms with Crippen LogP contribution in [-0.2, 0) is 9.59 Å². The molecule has 0 saturated carbocycles. The number of amides is 2. The van der Waals surface area contributed by atoms with Gasteiger partial charge in [0.25, 0.3) is 11.8 Å². The van der Waals surface area contributed by atoms with Crippen molar-refractivity contribution < 1.29 is 226 Å². The van der Waals surface area contributed by atoms with Crippen molar-refractivity contribution in [3.63, 3.8) is 0 Å². The fourth-order valence-electron chi connectivity index (χ4n) is 1.11. The van der Waals surface area contributed by atoms with Gasteiger partial charge in [-0.2, -0.15) is 0 Å². The smallest absolute Gasteiger partial charge is 0.693 e. The first-order valence-electron chi connectivity index (χ1n) is 26.0. The van der Waals surface area contributed by atoms with Gasteiger partial charge in [0.05, 0.1) is 0 Å². The molecule has 0 bridgehead atoms. The van der Waals surface area contributed by atoms with Crippen LogP contribution in [0.3, 0.4) is 0 Å². The molecule has 1 unspecified atom stereocenters. The van der Waals surface area contributed by atoms with Crippen LogP contribution in [0.25, 0.3) is 6.15 Å². The SMILES string of the molecule is CC(NC(=O)COc1ccccc1)C(=O)NO.[H-].[K+].[K+].[K+].[K+].[K][K].[K][K].[K][K].[K][K].[K][K].[K][K].[K][K].[K][K].[K][K].[K][K].[K][K].[K][K].[K][K].[K][K].[K][K].[K][K].[K][K].[K][K].[K][K].[K][K].[K][K].[NH2-]. The molecule has 7 nitrogen and oxygen atoms in total. The molecule has 0 aliphatic heterocycles. The molecule has 1 aromatic carbocycles. The van der Waals surface area contributed by atoms with Crippen molar-refractivity contribution in [2.24, 2.45) is 0 Å². The molecule has 0 heterocycles. The fourth-order valence-corrected chi connectivity index (χ4v) is 1.11. The van der Waals surface area contributed by atoms with E-state index in [4.69, 9.17) is 9.94 Å². The predicted molar refractivity (Wildman–Crippen MR) is 308 cm³/mol. The molecule has 0 saturated heterocycles. The van der Waals surface area contributed by atoms with Crippen LogP contribution in [0.2, 0.25) is 0 Å². The van der Waals surface area contributed by atoms with Gasteiger partial charge in [0.2, 0.25) is 0 Å². The third kappa shape index (κ3) is 263. The molecular formula is C11H17K46N3O4+2.